The van der Waals surface area contributed by atoms with E-state index in [4.69, 9.17) is 0 Å². The minimum atomic E-state index is -3.70. The molecule has 2 nitrogen and oxygen atoms in total. The fraction of sp³-hybridized carbons (Fsp3) is 0.520. The van der Waals surface area contributed by atoms with Crippen LogP contribution in [0, 0.1) is 11.7 Å². The van der Waals surface area contributed by atoms with Gasteiger partial charge in [0.2, 0.25) is 0 Å². The molecule has 0 amide bonds. The van der Waals surface area contributed by atoms with Crippen LogP contribution in [-0.4, -0.2) is 6.61 Å². The van der Waals surface area contributed by atoms with Crippen LogP contribution in [0.4, 0.5) is 22.0 Å². The summed E-state index contributed by atoms with van der Waals surface area (Å²) in [7, 11) is 0. The molecule has 0 atom stereocenters. The van der Waals surface area contributed by atoms with Gasteiger partial charge in [-0.25, -0.2) is 4.39 Å². The molecule has 0 spiro atoms. The van der Waals surface area contributed by atoms with Crippen LogP contribution >= 0.6 is 0 Å². The molecule has 1 aliphatic carbocycles. The van der Waals surface area contributed by atoms with Crippen molar-refractivity contribution in [2.75, 3.05) is 0 Å². The van der Waals surface area contributed by atoms with Crippen molar-refractivity contribution in [3.63, 3.8) is 0 Å². The van der Waals surface area contributed by atoms with E-state index in [1.165, 1.54) is 50.7 Å². The van der Waals surface area contributed by atoms with Crippen molar-refractivity contribution in [3.8, 4) is 11.5 Å². The molecule has 0 N–H and O–H groups in total. The Kier molecular flexibility index (Phi) is 8.38. The highest BCUT2D eigenvalue weighted by Gasteiger charge is 2.35. The predicted octanol–water partition coefficient (Wildman–Crippen LogP) is 8.41. The molecule has 0 unspecified atom stereocenters. The normalized spacial score (nSPS) is 19.2. The minimum absolute atomic E-state index is 0.359. The number of hydrogen-bond donors (Lipinski definition) is 0. The molecule has 1 fully saturated rings. The number of halogens is 5. The second kappa shape index (κ2) is 11.0. The van der Waals surface area contributed by atoms with Crippen molar-refractivity contribution in [3.05, 3.63) is 59.4 Å². The molecule has 0 saturated heterocycles. The average Bonchev–Trinajstić information content (AvgIpc) is 2.76. The lowest BCUT2D eigenvalue weighted by Crippen LogP contribution is -2.22. The van der Waals surface area contributed by atoms with Crippen molar-refractivity contribution in [1.29, 1.82) is 0 Å². The van der Waals surface area contributed by atoms with Crippen molar-refractivity contribution in [2.24, 2.45) is 5.92 Å². The lowest BCUT2D eigenvalue weighted by molar-refractivity contribution is -0.185. The largest absolute Gasteiger partial charge is 0.432 e. The predicted molar refractivity (Wildman–Crippen MR) is 113 cm³/mol. The Morgan fingerprint density at radius 3 is 2.25 bits per heavy atom. The fourth-order valence-electron chi connectivity index (χ4n) is 4.36. The third-order valence-electron chi connectivity index (χ3n) is 6.15. The van der Waals surface area contributed by atoms with Crippen molar-refractivity contribution >= 4 is 0 Å². The Hall–Kier alpha value is -2.31. The second-order valence-electron chi connectivity index (χ2n) is 8.43. The van der Waals surface area contributed by atoms with Gasteiger partial charge in [-0.05, 0) is 67.3 Å². The Morgan fingerprint density at radius 2 is 1.66 bits per heavy atom. The Bertz CT molecular complexity index is 846. The van der Waals surface area contributed by atoms with Gasteiger partial charge in [0.15, 0.2) is 11.6 Å². The summed E-state index contributed by atoms with van der Waals surface area (Å²) in [6, 6.07) is 8.44. The maximum atomic E-state index is 14.6. The molecule has 32 heavy (non-hydrogen) atoms. The first kappa shape index (κ1) is 24.3. The van der Waals surface area contributed by atoms with Crippen LogP contribution in [0.2, 0.25) is 0 Å². The molecule has 7 heteroatoms. The lowest BCUT2D eigenvalue weighted by Gasteiger charge is -2.29. The van der Waals surface area contributed by atoms with E-state index >= 15 is 0 Å². The Labute approximate surface area is 185 Å². The first-order valence-corrected chi connectivity index (χ1v) is 11.2. The number of hydrogen-bond acceptors (Lipinski definition) is 2. The van der Waals surface area contributed by atoms with Crippen LogP contribution in [0.25, 0.3) is 0 Å². The van der Waals surface area contributed by atoms with Gasteiger partial charge in [-0.1, -0.05) is 44.7 Å². The molecule has 0 aromatic heterocycles. The summed E-state index contributed by atoms with van der Waals surface area (Å²) in [4.78, 5) is 0. The quantitative estimate of drug-likeness (QED) is 0.264. The monoisotopic (exact) mass is 456 g/mol. The van der Waals surface area contributed by atoms with E-state index in [2.05, 4.69) is 16.4 Å². The lowest BCUT2D eigenvalue weighted by atomic mass is 9.77. The smallest absolute Gasteiger partial charge is 0.426 e. The van der Waals surface area contributed by atoms with E-state index < -0.39 is 30.0 Å². The molecule has 176 valence electrons. The minimum Gasteiger partial charge on any atom is -0.432 e. The standard InChI is InChI=1S/C25H29F5O2/c1-2-3-4-5-17-6-8-18(9-7-17)19-10-12-20(13-11-19)25(29,30)32-21-14-15-23(22(26)16-21)31-24(27)28/h10-18,24H,2-9H2,1H3. The van der Waals surface area contributed by atoms with Crippen LogP contribution in [0.15, 0.2) is 42.5 Å². The topological polar surface area (TPSA) is 18.5 Å². The SMILES string of the molecule is CCCCCC1CCC(c2ccc(C(F)(F)Oc3ccc(OC(F)F)c(F)c3)cc2)CC1. The molecular formula is C25H29F5O2. The summed E-state index contributed by atoms with van der Waals surface area (Å²) in [6.07, 6.45) is 5.83. The molecule has 2 aromatic rings. The van der Waals surface area contributed by atoms with E-state index in [1.807, 2.05) is 0 Å². The van der Waals surface area contributed by atoms with E-state index in [-0.39, 0.29) is 5.56 Å². The molecule has 1 aliphatic rings. The van der Waals surface area contributed by atoms with Gasteiger partial charge in [-0.2, -0.15) is 17.6 Å². The fourth-order valence-corrected chi connectivity index (χ4v) is 4.36. The highest BCUT2D eigenvalue weighted by atomic mass is 19.3. The van der Waals surface area contributed by atoms with Crippen LogP contribution < -0.4 is 9.47 Å². The molecule has 0 aliphatic heterocycles. The summed E-state index contributed by atoms with van der Waals surface area (Å²) in [5.74, 6) is -1.29. The van der Waals surface area contributed by atoms with Gasteiger partial charge < -0.3 is 9.47 Å². The van der Waals surface area contributed by atoms with Gasteiger partial charge in [0.25, 0.3) is 0 Å². The third kappa shape index (κ3) is 6.59. The summed E-state index contributed by atoms with van der Waals surface area (Å²) < 4.78 is 75.9. The Morgan fingerprint density at radius 1 is 0.969 bits per heavy atom. The van der Waals surface area contributed by atoms with Crippen LogP contribution in [0.1, 0.15) is 75.3 Å². The van der Waals surface area contributed by atoms with Crippen LogP contribution in [-0.2, 0) is 6.11 Å². The number of ether oxygens (including phenoxy) is 2. The Balaban J connectivity index is 1.58. The molecule has 0 heterocycles. The summed E-state index contributed by atoms with van der Waals surface area (Å²) in [5, 5.41) is 0. The second-order valence-corrected chi connectivity index (χ2v) is 8.43. The van der Waals surface area contributed by atoms with E-state index in [0.717, 1.165) is 36.5 Å². The molecule has 2 aromatic carbocycles. The summed E-state index contributed by atoms with van der Waals surface area (Å²) >= 11 is 0. The van der Waals surface area contributed by atoms with Gasteiger partial charge in [-0.3, -0.25) is 0 Å². The molecule has 0 bridgehead atoms. The number of alkyl halides is 4. The average molecular weight is 456 g/mol. The van der Waals surface area contributed by atoms with E-state index in [0.29, 0.717) is 12.0 Å². The van der Waals surface area contributed by atoms with E-state index in [1.54, 1.807) is 12.1 Å². The molecule has 0 radical (unpaired) electrons. The van der Waals surface area contributed by atoms with Crippen LogP contribution in [0.3, 0.4) is 0 Å². The van der Waals surface area contributed by atoms with Gasteiger partial charge >= 0.3 is 12.7 Å². The third-order valence-corrected chi connectivity index (χ3v) is 6.15. The first-order chi connectivity index (χ1) is 15.3. The van der Waals surface area contributed by atoms with E-state index in [9.17, 15) is 22.0 Å². The maximum Gasteiger partial charge on any atom is 0.426 e. The highest BCUT2D eigenvalue weighted by molar-refractivity contribution is 5.34. The number of benzene rings is 2. The molecular weight excluding hydrogens is 427 g/mol. The summed E-state index contributed by atoms with van der Waals surface area (Å²) in [5.41, 5.74) is 0.680. The number of rotatable bonds is 10. The zero-order valence-corrected chi connectivity index (χ0v) is 18.1. The summed E-state index contributed by atoms with van der Waals surface area (Å²) in [6.45, 7) is -1.01. The first-order valence-electron chi connectivity index (χ1n) is 11.2. The number of unbranched alkanes of at least 4 members (excludes halogenated alkanes) is 2. The van der Waals surface area contributed by atoms with Gasteiger partial charge in [0.1, 0.15) is 5.75 Å². The van der Waals surface area contributed by atoms with Crippen molar-refractivity contribution < 1.29 is 31.4 Å². The molecule has 3 rings (SSSR count). The maximum absolute atomic E-state index is 14.6. The van der Waals surface area contributed by atoms with Crippen molar-refractivity contribution in [1.82, 2.24) is 0 Å². The zero-order valence-electron chi connectivity index (χ0n) is 18.1. The van der Waals surface area contributed by atoms with Gasteiger partial charge in [0, 0.05) is 6.07 Å². The molecule has 1 saturated carbocycles. The zero-order chi connectivity index (χ0) is 23.1. The van der Waals surface area contributed by atoms with Crippen LogP contribution in [0.5, 0.6) is 11.5 Å². The highest BCUT2D eigenvalue weighted by Crippen LogP contribution is 2.39. The van der Waals surface area contributed by atoms with Gasteiger partial charge in [0.05, 0.1) is 5.56 Å². The van der Waals surface area contributed by atoms with Gasteiger partial charge in [-0.15, -0.1) is 0 Å². The van der Waals surface area contributed by atoms with Crippen molar-refractivity contribution in [2.45, 2.75) is 76.9 Å².